The minimum absolute atomic E-state index is 0.0357. The Balaban J connectivity index is 1.84. The van der Waals surface area contributed by atoms with Gasteiger partial charge in [0.05, 0.1) is 23.2 Å². The fraction of sp³-hybridized carbons (Fsp3) is 0.583. The molecule has 1 fully saturated rings. The first kappa shape index (κ1) is 26.9. The molecule has 1 aromatic rings. The number of ether oxygens (including phenoxy) is 1. The Bertz CT molecular complexity index is 754. The normalized spacial score (nSPS) is 22.0. The zero-order valence-electron chi connectivity index (χ0n) is 18.5. The van der Waals surface area contributed by atoms with Crippen molar-refractivity contribution in [1.29, 1.82) is 0 Å². The van der Waals surface area contributed by atoms with Crippen molar-refractivity contribution in [2.24, 2.45) is 5.92 Å². The van der Waals surface area contributed by atoms with Gasteiger partial charge in [0.15, 0.2) is 0 Å². The molecule has 178 valence electrons. The van der Waals surface area contributed by atoms with Crippen LogP contribution in [0.25, 0.3) is 0 Å². The lowest BCUT2D eigenvalue weighted by molar-refractivity contribution is -0.133. The summed E-state index contributed by atoms with van der Waals surface area (Å²) in [6, 6.07) is 8.16. The number of carboxylic acid groups (broad SMARTS) is 1. The van der Waals surface area contributed by atoms with Gasteiger partial charge in [-0.2, -0.15) is 11.8 Å². The van der Waals surface area contributed by atoms with Gasteiger partial charge in [-0.3, -0.25) is 9.59 Å². The third-order valence-corrected chi connectivity index (χ3v) is 7.77. The Hall–Kier alpha value is -1.32. The molecule has 0 radical (unpaired) electrons. The maximum Gasteiger partial charge on any atom is 0.313 e. The highest BCUT2D eigenvalue weighted by Crippen LogP contribution is 2.34. The van der Waals surface area contributed by atoms with Gasteiger partial charge in [0.2, 0.25) is 0 Å². The van der Waals surface area contributed by atoms with E-state index in [2.05, 4.69) is 12.1 Å². The molecule has 6 nitrogen and oxygen atoms in total. The summed E-state index contributed by atoms with van der Waals surface area (Å²) in [5.74, 6) is 0.455. The number of ketones is 1. The second-order valence-electron chi connectivity index (χ2n) is 7.98. The van der Waals surface area contributed by atoms with Gasteiger partial charge < -0.3 is 20.1 Å². The average molecular weight is 483 g/mol. The lowest BCUT2D eigenvalue weighted by Crippen LogP contribution is -2.22. The van der Waals surface area contributed by atoms with Gasteiger partial charge in [-0.05, 0) is 41.9 Å². The maximum atomic E-state index is 12.3. The quantitative estimate of drug-likeness (QED) is 0.259. The number of Topliss-reactive ketones (excluding diaryl/α,β-unsaturated/α-hetero) is 1. The van der Waals surface area contributed by atoms with Gasteiger partial charge in [-0.15, -0.1) is 11.8 Å². The first-order valence-corrected chi connectivity index (χ1v) is 13.2. The molecule has 0 spiro atoms. The number of rotatable bonds is 15. The van der Waals surface area contributed by atoms with Crippen LogP contribution in [0.4, 0.5) is 0 Å². The molecule has 0 amide bonds. The lowest BCUT2D eigenvalue weighted by Gasteiger charge is -2.17. The van der Waals surface area contributed by atoms with E-state index in [0.717, 1.165) is 42.9 Å². The molecule has 4 atom stereocenters. The van der Waals surface area contributed by atoms with E-state index in [1.54, 1.807) is 19.3 Å². The smallest absolute Gasteiger partial charge is 0.313 e. The minimum Gasteiger partial charge on any atom is -0.481 e. The molecule has 3 N–H and O–H groups in total. The Morgan fingerprint density at radius 1 is 1.28 bits per heavy atom. The minimum atomic E-state index is -0.821. The number of aliphatic carboxylic acids is 1. The average Bonchev–Trinajstić information content (AvgIpc) is 3.01. The van der Waals surface area contributed by atoms with Crippen molar-refractivity contribution in [3.8, 4) is 0 Å². The zero-order valence-corrected chi connectivity index (χ0v) is 20.2. The van der Waals surface area contributed by atoms with Gasteiger partial charge in [0.1, 0.15) is 5.78 Å². The Morgan fingerprint density at radius 3 is 2.81 bits per heavy atom. The number of thioether (sulfide) groups is 2. The van der Waals surface area contributed by atoms with E-state index < -0.39 is 18.2 Å². The van der Waals surface area contributed by atoms with E-state index in [1.807, 2.05) is 12.1 Å². The van der Waals surface area contributed by atoms with Crippen LogP contribution >= 0.6 is 23.5 Å². The fourth-order valence-electron chi connectivity index (χ4n) is 3.74. The first-order chi connectivity index (χ1) is 15.4. The van der Waals surface area contributed by atoms with Crippen LogP contribution in [0.3, 0.4) is 0 Å². The summed E-state index contributed by atoms with van der Waals surface area (Å²) >= 11 is 2.88. The second-order valence-corrected chi connectivity index (χ2v) is 10.3. The summed E-state index contributed by atoms with van der Waals surface area (Å²) in [5, 5.41) is 29.2. The van der Waals surface area contributed by atoms with Crippen molar-refractivity contribution in [2.75, 3.05) is 31.0 Å². The van der Waals surface area contributed by atoms with Gasteiger partial charge in [-0.25, -0.2) is 0 Å². The lowest BCUT2D eigenvalue weighted by atomic mass is 10.00. The summed E-state index contributed by atoms with van der Waals surface area (Å²) in [5.41, 5.74) is 2.26. The van der Waals surface area contributed by atoms with Crippen molar-refractivity contribution in [1.82, 2.24) is 0 Å². The third kappa shape index (κ3) is 9.67. The maximum absolute atomic E-state index is 12.3. The van der Waals surface area contributed by atoms with Crippen LogP contribution in [0.2, 0.25) is 0 Å². The molecule has 1 saturated carbocycles. The Kier molecular flexibility index (Phi) is 12.4. The molecule has 32 heavy (non-hydrogen) atoms. The van der Waals surface area contributed by atoms with Gasteiger partial charge in [0, 0.05) is 32.5 Å². The molecule has 1 aliphatic carbocycles. The van der Waals surface area contributed by atoms with Crippen molar-refractivity contribution in [2.45, 2.75) is 49.6 Å². The molecule has 0 bridgehead atoms. The molecule has 0 aromatic heterocycles. The molecule has 0 aliphatic heterocycles. The molecule has 8 heteroatoms. The predicted octanol–water partition coefficient (Wildman–Crippen LogP) is 2.98. The third-order valence-electron chi connectivity index (χ3n) is 5.28. The monoisotopic (exact) mass is 482 g/mol. The molecule has 0 saturated heterocycles. The molecule has 1 aromatic carbocycles. The number of hydrogen-bond acceptors (Lipinski definition) is 7. The van der Waals surface area contributed by atoms with Crippen molar-refractivity contribution < 1.29 is 29.6 Å². The van der Waals surface area contributed by atoms with Crippen LogP contribution in [0, 0.1) is 5.92 Å². The number of aliphatic hydroxyl groups is 2. The molecule has 0 heterocycles. The SMILES string of the molecule is COCCCc1cccc(CC(O)C=C[C@H]2C(O)CC(=O)C2SCCCSCC(=O)O)c1. The standard InChI is InChI=1S/C24H34O6S2/c1-30-10-3-7-17-5-2-6-18(13-17)14-19(25)8-9-20-21(26)15-22(27)24(20)32-12-4-11-31-16-23(28)29/h2,5-6,8-9,13,19-21,24-26H,3-4,7,10-12,14-16H2,1H3,(H,28,29)/t19?,20-,21?,24?/m0/s1. The van der Waals surface area contributed by atoms with Gasteiger partial charge >= 0.3 is 5.97 Å². The number of hydrogen-bond donors (Lipinski definition) is 3. The van der Waals surface area contributed by atoms with Crippen molar-refractivity contribution in [3.05, 3.63) is 47.5 Å². The largest absolute Gasteiger partial charge is 0.481 e. The first-order valence-electron chi connectivity index (χ1n) is 11.0. The van der Waals surface area contributed by atoms with E-state index >= 15 is 0 Å². The highest BCUT2D eigenvalue weighted by Gasteiger charge is 2.40. The summed E-state index contributed by atoms with van der Waals surface area (Å²) in [4.78, 5) is 22.9. The fourth-order valence-corrected chi connectivity index (χ4v) is 5.93. The molecule has 1 aliphatic rings. The number of benzene rings is 1. The van der Waals surface area contributed by atoms with E-state index in [0.29, 0.717) is 6.42 Å². The van der Waals surface area contributed by atoms with Crippen molar-refractivity contribution in [3.63, 3.8) is 0 Å². The van der Waals surface area contributed by atoms with Crippen LogP contribution < -0.4 is 0 Å². The number of aliphatic hydroxyl groups excluding tert-OH is 2. The zero-order chi connectivity index (χ0) is 23.3. The van der Waals surface area contributed by atoms with E-state index in [4.69, 9.17) is 9.84 Å². The summed E-state index contributed by atoms with van der Waals surface area (Å²) in [6.45, 7) is 0.721. The number of carbonyl (C=O) groups is 2. The molecular formula is C24H34O6S2. The van der Waals surface area contributed by atoms with E-state index in [1.165, 1.54) is 29.1 Å². The Morgan fingerprint density at radius 2 is 2.06 bits per heavy atom. The highest BCUT2D eigenvalue weighted by atomic mass is 32.2. The van der Waals surface area contributed by atoms with Crippen molar-refractivity contribution >= 4 is 35.3 Å². The van der Waals surface area contributed by atoms with Crippen LogP contribution in [0.15, 0.2) is 36.4 Å². The van der Waals surface area contributed by atoms with Crippen LogP contribution in [-0.4, -0.2) is 75.5 Å². The van der Waals surface area contributed by atoms with Crippen LogP contribution in [0.5, 0.6) is 0 Å². The topological polar surface area (TPSA) is 104 Å². The summed E-state index contributed by atoms with van der Waals surface area (Å²) in [6.07, 6.45) is 5.37. The predicted molar refractivity (Wildman–Crippen MR) is 130 cm³/mol. The number of carbonyl (C=O) groups excluding carboxylic acids is 1. The molecular weight excluding hydrogens is 448 g/mol. The van der Waals surface area contributed by atoms with Crippen LogP contribution in [-0.2, 0) is 27.2 Å². The molecule has 2 rings (SSSR count). The summed E-state index contributed by atoms with van der Waals surface area (Å²) in [7, 11) is 1.69. The number of methoxy groups -OCH3 is 1. The number of aryl methyl sites for hydroxylation is 1. The van der Waals surface area contributed by atoms with Crippen LogP contribution in [0.1, 0.15) is 30.4 Å². The second kappa shape index (κ2) is 14.8. The molecule has 3 unspecified atom stereocenters. The highest BCUT2D eigenvalue weighted by molar-refractivity contribution is 8.01. The van der Waals surface area contributed by atoms with E-state index in [-0.39, 0.29) is 29.1 Å². The van der Waals surface area contributed by atoms with E-state index in [9.17, 15) is 19.8 Å². The van der Waals surface area contributed by atoms with Gasteiger partial charge in [0.25, 0.3) is 0 Å². The summed E-state index contributed by atoms with van der Waals surface area (Å²) < 4.78 is 5.10. The Labute approximate surface area is 198 Å². The van der Waals surface area contributed by atoms with Gasteiger partial charge in [-0.1, -0.05) is 36.4 Å². The number of carboxylic acids is 1.